The van der Waals surface area contributed by atoms with Crippen LogP contribution < -0.4 is 10.2 Å². The van der Waals surface area contributed by atoms with Gasteiger partial charge in [-0.25, -0.2) is 0 Å². The summed E-state index contributed by atoms with van der Waals surface area (Å²) in [7, 11) is 0. The third-order valence-corrected chi connectivity index (χ3v) is 7.33. The maximum absolute atomic E-state index is 14.2. The average molecular weight is 503 g/mol. The molecule has 0 aliphatic heterocycles. The first-order valence-electron chi connectivity index (χ1n) is 12.9. The quantitative estimate of drug-likeness (QED) is 0.361. The summed E-state index contributed by atoms with van der Waals surface area (Å²) in [5.74, 6) is -0.00975. The minimum atomic E-state index is -0.832. The van der Waals surface area contributed by atoms with Crippen molar-refractivity contribution in [3.63, 3.8) is 0 Å². The number of nitrogens with zero attached hydrogens (tertiary/aromatic N) is 1. The molecule has 1 saturated carbocycles. The van der Waals surface area contributed by atoms with Crippen molar-refractivity contribution in [3.05, 3.63) is 100 Å². The molecule has 1 atom stereocenters. The maximum atomic E-state index is 14.2. The van der Waals surface area contributed by atoms with E-state index in [4.69, 9.17) is 11.6 Å². The fourth-order valence-corrected chi connectivity index (χ4v) is 5.06. The van der Waals surface area contributed by atoms with E-state index in [0.29, 0.717) is 22.2 Å². The molecular formula is C31H35ClN2O2. The van der Waals surface area contributed by atoms with Crippen molar-refractivity contribution in [1.82, 2.24) is 5.32 Å². The number of anilines is 1. The zero-order chi connectivity index (χ0) is 25.7. The van der Waals surface area contributed by atoms with Crippen molar-refractivity contribution in [2.75, 3.05) is 4.90 Å². The highest BCUT2D eigenvalue weighted by Crippen LogP contribution is 2.33. The summed E-state index contributed by atoms with van der Waals surface area (Å²) in [4.78, 5) is 29.8. The Bertz CT molecular complexity index is 1180. The molecule has 0 spiro atoms. The highest BCUT2D eigenvalue weighted by molar-refractivity contribution is 6.30. The monoisotopic (exact) mass is 502 g/mol. The number of carbonyl (C=O) groups excluding carboxylic acids is 2. The second kappa shape index (κ2) is 11.7. The van der Waals surface area contributed by atoms with Crippen LogP contribution in [0.15, 0.2) is 72.8 Å². The molecule has 1 unspecified atom stereocenters. The Labute approximate surface area is 219 Å². The summed E-state index contributed by atoms with van der Waals surface area (Å²) in [6.45, 7) is 6.20. The van der Waals surface area contributed by atoms with Gasteiger partial charge < -0.3 is 5.32 Å². The van der Waals surface area contributed by atoms with Crippen LogP contribution in [0.25, 0.3) is 0 Å². The molecule has 3 aromatic carbocycles. The van der Waals surface area contributed by atoms with E-state index >= 15 is 0 Å². The second-order valence-corrected chi connectivity index (χ2v) is 10.5. The lowest BCUT2D eigenvalue weighted by atomic mass is 9.94. The Hall–Kier alpha value is -3.11. The topological polar surface area (TPSA) is 49.4 Å². The highest BCUT2D eigenvalue weighted by atomic mass is 35.5. The number of halogens is 1. The van der Waals surface area contributed by atoms with E-state index < -0.39 is 6.04 Å². The van der Waals surface area contributed by atoms with Gasteiger partial charge in [0.1, 0.15) is 6.04 Å². The van der Waals surface area contributed by atoms with Crippen molar-refractivity contribution in [3.8, 4) is 0 Å². The summed E-state index contributed by atoms with van der Waals surface area (Å²) in [6.07, 6.45) is 5.35. The van der Waals surface area contributed by atoms with Gasteiger partial charge in [0.25, 0.3) is 5.91 Å². The van der Waals surface area contributed by atoms with Crippen molar-refractivity contribution in [2.45, 2.75) is 70.9 Å². The van der Waals surface area contributed by atoms with Crippen LogP contribution in [0.1, 0.15) is 85.0 Å². The molecule has 5 heteroatoms. The fraction of sp³-hybridized carbons (Fsp3) is 0.355. The van der Waals surface area contributed by atoms with E-state index in [1.54, 1.807) is 17.0 Å². The van der Waals surface area contributed by atoms with Gasteiger partial charge >= 0.3 is 0 Å². The van der Waals surface area contributed by atoms with E-state index in [1.165, 1.54) is 12.0 Å². The van der Waals surface area contributed by atoms with E-state index in [0.717, 1.165) is 36.8 Å². The van der Waals surface area contributed by atoms with Gasteiger partial charge in [0.15, 0.2) is 0 Å². The van der Waals surface area contributed by atoms with Gasteiger partial charge in [0.2, 0.25) is 5.91 Å². The lowest BCUT2D eigenvalue weighted by Gasteiger charge is -2.34. The first kappa shape index (κ1) is 26.0. The van der Waals surface area contributed by atoms with Crippen LogP contribution in [-0.4, -0.2) is 17.9 Å². The summed E-state index contributed by atoms with van der Waals surface area (Å²) in [6, 6.07) is 22.0. The Morgan fingerprint density at radius 2 is 1.47 bits per heavy atom. The third-order valence-electron chi connectivity index (χ3n) is 7.08. The van der Waals surface area contributed by atoms with Gasteiger partial charge in [-0.3, -0.25) is 14.5 Å². The van der Waals surface area contributed by atoms with E-state index in [1.807, 2.05) is 67.6 Å². The molecule has 4 rings (SSSR count). The molecule has 1 aliphatic carbocycles. The molecule has 0 aromatic heterocycles. The van der Waals surface area contributed by atoms with Crippen molar-refractivity contribution >= 4 is 29.1 Å². The number of aryl methyl sites for hydroxylation is 1. The largest absolute Gasteiger partial charge is 0.351 e. The predicted molar refractivity (Wildman–Crippen MR) is 148 cm³/mol. The van der Waals surface area contributed by atoms with Gasteiger partial charge in [-0.15, -0.1) is 0 Å². The first-order valence-corrected chi connectivity index (χ1v) is 13.3. The van der Waals surface area contributed by atoms with Gasteiger partial charge in [-0.1, -0.05) is 87.2 Å². The van der Waals surface area contributed by atoms with Crippen molar-refractivity contribution in [1.29, 1.82) is 0 Å². The molecule has 36 heavy (non-hydrogen) atoms. The number of rotatable bonds is 7. The Kier molecular flexibility index (Phi) is 8.48. The average Bonchev–Trinajstić information content (AvgIpc) is 2.88. The van der Waals surface area contributed by atoms with E-state index in [2.05, 4.69) is 19.2 Å². The molecule has 0 heterocycles. The number of hydrogen-bond donors (Lipinski definition) is 1. The molecule has 2 amide bonds. The van der Waals surface area contributed by atoms with Crippen LogP contribution in [-0.2, 0) is 4.79 Å². The van der Waals surface area contributed by atoms with Crippen LogP contribution in [0, 0.1) is 6.92 Å². The Balaban J connectivity index is 1.82. The van der Waals surface area contributed by atoms with Crippen LogP contribution in [0.4, 0.5) is 5.69 Å². The lowest BCUT2D eigenvalue weighted by molar-refractivity contribution is -0.123. The SMILES string of the molecule is Cc1ccccc1C(=O)N(c1ccc(C(C)C)cc1)C(C(=O)NC1CCCCC1)c1ccc(Cl)cc1. The summed E-state index contributed by atoms with van der Waals surface area (Å²) in [5, 5.41) is 3.85. The summed E-state index contributed by atoms with van der Waals surface area (Å²) >= 11 is 6.19. The van der Waals surface area contributed by atoms with E-state index in [9.17, 15) is 9.59 Å². The molecule has 1 N–H and O–H groups in total. The minimum absolute atomic E-state index is 0.125. The Morgan fingerprint density at radius 3 is 2.08 bits per heavy atom. The first-order chi connectivity index (χ1) is 17.3. The van der Waals surface area contributed by atoms with Crippen molar-refractivity contribution < 1.29 is 9.59 Å². The molecule has 0 saturated heterocycles. The molecule has 0 radical (unpaired) electrons. The third kappa shape index (κ3) is 5.99. The summed E-state index contributed by atoms with van der Waals surface area (Å²) < 4.78 is 0. The fourth-order valence-electron chi connectivity index (χ4n) is 4.94. The van der Waals surface area contributed by atoms with Crippen LogP contribution in [0.3, 0.4) is 0 Å². The lowest BCUT2D eigenvalue weighted by Crippen LogP contribution is -2.47. The molecule has 1 aliphatic rings. The van der Waals surface area contributed by atoms with Gasteiger partial charge in [0.05, 0.1) is 0 Å². The number of amides is 2. The molecule has 188 valence electrons. The second-order valence-electron chi connectivity index (χ2n) is 10.0. The van der Waals surface area contributed by atoms with Crippen LogP contribution in [0.2, 0.25) is 5.02 Å². The standard InChI is InChI=1S/C31H35ClN2O2/c1-21(2)23-15-19-27(20-16-23)34(31(36)28-12-8-7-9-22(28)3)29(24-13-17-25(32)18-14-24)30(35)33-26-10-5-4-6-11-26/h7-9,12-21,26,29H,4-6,10-11H2,1-3H3,(H,33,35). The predicted octanol–water partition coefficient (Wildman–Crippen LogP) is 7.61. The maximum Gasteiger partial charge on any atom is 0.259 e. The van der Waals surface area contributed by atoms with Crippen molar-refractivity contribution in [2.24, 2.45) is 0 Å². The normalized spacial score (nSPS) is 14.9. The molecule has 0 bridgehead atoms. The van der Waals surface area contributed by atoms with Crippen LogP contribution in [0.5, 0.6) is 0 Å². The number of hydrogen-bond acceptors (Lipinski definition) is 2. The number of carbonyl (C=O) groups is 2. The molecule has 1 fully saturated rings. The number of nitrogens with one attached hydrogen (secondary N) is 1. The van der Waals surface area contributed by atoms with E-state index in [-0.39, 0.29) is 17.9 Å². The summed E-state index contributed by atoms with van der Waals surface area (Å²) in [5.41, 5.74) is 4.04. The minimum Gasteiger partial charge on any atom is -0.351 e. The molecular weight excluding hydrogens is 468 g/mol. The smallest absolute Gasteiger partial charge is 0.259 e. The zero-order valence-corrected chi connectivity index (χ0v) is 22.1. The van der Waals surface area contributed by atoms with Gasteiger partial charge in [0, 0.05) is 22.3 Å². The van der Waals surface area contributed by atoms with Gasteiger partial charge in [-0.05, 0) is 72.7 Å². The zero-order valence-electron chi connectivity index (χ0n) is 21.3. The molecule has 3 aromatic rings. The van der Waals surface area contributed by atoms with Gasteiger partial charge in [-0.2, -0.15) is 0 Å². The highest BCUT2D eigenvalue weighted by Gasteiger charge is 2.35. The van der Waals surface area contributed by atoms with Crippen LogP contribution >= 0.6 is 11.6 Å². The number of benzene rings is 3. The molecule has 4 nitrogen and oxygen atoms in total. The Morgan fingerprint density at radius 1 is 0.861 bits per heavy atom.